The Kier molecular flexibility index (Phi) is 3.55. The Bertz CT molecular complexity index is 1170. The molecule has 3 heterocycles. The van der Waals surface area contributed by atoms with Crippen LogP contribution in [0.3, 0.4) is 0 Å². The third-order valence-electron chi connectivity index (χ3n) is 4.07. The Morgan fingerprint density at radius 2 is 1.88 bits per heavy atom. The van der Waals surface area contributed by atoms with Crippen molar-refractivity contribution in [3.05, 3.63) is 47.2 Å². The number of nitrogens with zero attached hydrogens (tertiary/aromatic N) is 4. The standard InChI is InChI=1S/C17H10ClF3N4O/c1-25-15-12(5-9(7-23-15)17(19,20)21)24-16(25)13-14(26)11-3-2-10(18)4-8(11)6-22-13/h2-7,26H,1H3. The molecule has 0 saturated heterocycles. The van der Waals surface area contributed by atoms with Crippen LogP contribution < -0.4 is 0 Å². The number of aromatic nitrogens is 4. The van der Waals surface area contributed by atoms with Crippen LogP contribution in [0.5, 0.6) is 5.75 Å². The number of alkyl halides is 3. The first-order chi connectivity index (χ1) is 12.3. The smallest absolute Gasteiger partial charge is 0.417 e. The zero-order chi connectivity index (χ0) is 18.6. The number of pyridine rings is 2. The molecule has 0 aliphatic carbocycles. The summed E-state index contributed by atoms with van der Waals surface area (Å²) >= 11 is 5.93. The van der Waals surface area contributed by atoms with Crippen LogP contribution in [0.1, 0.15) is 5.56 Å². The lowest BCUT2D eigenvalue weighted by Crippen LogP contribution is -2.05. The second-order valence-electron chi connectivity index (χ2n) is 5.75. The maximum absolute atomic E-state index is 12.9. The molecule has 26 heavy (non-hydrogen) atoms. The van der Waals surface area contributed by atoms with Crippen molar-refractivity contribution in [2.24, 2.45) is 7.05 Å². The summed E-state index contributed by atoms with van der Waals surface area (Å²) in [6.07, 6.45) is -2.24. The van der Waals surface area contributed by atoms with E-state index in [2.05, 4.69) is 15.0 Å². The topological polar surface area (TPSA) is 63.8 Å². The Morgan fingerprint density at radius 1 is 1.12 bits per heavy atom. The molecule has 4 rings (SSSR count). The summed E-state index contributed by atoms with van der Waals surface area (Å²) in [6.45, 7) is 0. The van der Waals surface area contributed by atoms with Crippen molar-refractivity contribution < 1.29 is 18.3 Å². The minimum absolute atomic E-state index is 0.0646. The van der Waals surface area contributed by atoms with Crippen molar-refractivity contribution in [2.75, 3.05) is 0 Å². The van der Waals surface area contributed by atoms with Gasteiger partial charge in [0.05, 0.1) is 5.56 Å². The molecule has 0 radical (unpaired) electrons. The van der Waals surface area contributed by atoms with E-state index in [1.54, 1.807) is 25.2 Å². The van der Waals surface area contributed by atoms with Gasteiger partial charge >= 0.3 is 6.18 Å². The average molecular weight is 379 g/mol. The summed E-state index contributed by atoms with van der Waals surface area (Å²) < 4.78 is 40.1. The SMILES string of the molecule is Cn1c(-c2ncc3cc(Cl)ccc3c2O)nc2cc(C(F)(F)F)cnc21. The first-order valence-corrected chi connectivity index (χ1v) is 7.81. The quantitative estimate of drug-likeness (QED) is 0.527. The number of aryl methyl sites for hydroxylation is 1. The van der Waals surface area contributed by atoms with Gasteiger partial charge in [0.2, 0.25) is 0 Å². The Hall–Kier alpha value is -2.87. The Morgan fingerprint density at radius 3 is 2.62 bits per heavy atom. The van der Waals surface area contributed by atoms with Crippen LogP contribution >= 0.6 is 11.6 Å². The lowest BCUT2D eigenvalue weighted by molar-refractivity contribution is -0.137. The van der Waals surface area contributed by atoms with Gasteiger partial charge in [-0.3, -0.25) is 0 Å². The molecule has 132 valence electrons. The van der Waals surface area contributed by atoms with Gasteiger partial charge in [-0.15, -0.1) is 0 Å². The van der Waals surface area contributed by atoms with Crippen LogP contribution in [0, 0.1) is 0 Å². The number of benzene rings is 1. The average Bonchev–Trinajstić information content (AvgIpc) is 2.90. The molecule has 1 aromatic carbocycles. The molecule has 4 aromatic rings. The molecule has 0 fully saturated rings. The number of hydrogen-bond acceptors (Lipinski definition) is 4. The molecule has 9 heteroatoms. The van der Waals surface area contributed by atoms with E-state index in [1.807, 2.05) is 0 Å². The molecular weight excluding hydrogens is 369 g/mol. The Balaban J connectivity index is 1.94. The van der Waals surface area contributed by atoms with Crippen LogP contribution in [-0.2, 0) is 13.2 Å². The summed E-state index contributed by atoms with van der Waals surface area (Å²) in [5, 5.41) is 12.2. The van der Waals surface area contributed by atoms with Crippen LogP contribution in [0.25, 0.3) is 33.5 Å². The van der Waals surface area contributed by atoms with Crippen LogP contribution in [-0.4, -0.2) is 24.6 Å². The fraction of sp³-hybridized carbons (Fsp3) is 0.118. The summed E-state index contributed by atoms with van der Waals surface area (Å²) in [5.41, 5.74) is -0.422. The third kappa shape index (κ3) is 2.53. The number of aromatic hydroxyl groups is 1. The van der Waals surface area contributed by atoms with Crippen molar-refractivity contribution in [3.63, 3.8) is 0 Å². The fourth-order valence-corrected chi connectivity index (χ4v) is 2.97. The van der Waals surface area contributed by atoms with E-state index >= 15 is 0 Å². The molecule has 0 bridgehead atoms. The first-order valence-electron chi connectivity index (χ1n) is 7.43. The van der Waals surface area contributed by atoms with Gasteiger partial charge < -0.3 is 9.67 Å². The minimum Gasteiger partial charge on any atom is -0.505 e. The van der Waals surface area contributed by atoms with E-state index in [1.165, 1.54) is 10.8 Å². The zero-order valence-electron chi connectivity index (χ0n) is 13.2. The van der Waals surface area contributed by atoms with Gasteiger partial charge in [0.1, 0.15) is 11.2 Å². The lowest BCUT2D eigenvalue weighted by Gasteiger charge is -2.07. The summed E-state index contributed by atoms with van der Waals surface area (Å²) in [7, 11) is 1.60. The van der Waals surface area contributed by atoms with Crippen molar-refractivity contribution >= 4 is 33.5 Å². The number of hydrogen-bond donors (Lipinski definition) is 1. The second kappa shape index (κ2) is 5.57. The van der Waals surface area contributed by atoms with Crippen molar-refractivity contribution in [3.8, 4) is 17.3 Å². The van der Waals surface area contributed by atoms with Crippen molar-refractivity contribution in [1.82, 2.24) is 19.5 Å². The molecule has 0 aliphatic rings. The van der Waals surface area contributed by atoms with Crippen molar-refractivity contribution in [2.45, 2.75) is 6.18 Å². The number of imidazole rings is 1. The molecule has 0 saturated carbocycles. The molecule has 3 aromatic heterocycles. The second-order valence-corrected chi connectivity index (χ2v) is 6.18. The highest BCUT2D eigenvalue weighted by Gasteiger charge is 2.32. The zero-order valence-corrected chi connectivity index (χ0v) is 14.0. The molecule has 5 nitrogen and oxygen atoms in total. The van der Waals surface area contributed by atoms with Crippen LogP contribution in [0.4, 0.5) is 13.2 Å². The fourth-order valence-electron chi connectivity index (χ4n) is 2.79. The first kappa shape index (κ1) is 16.6. The highest BCUT2D eigenvalue weighted by molar-refractivity contribution is 6.31. The molecule has 0 atom stereocenters. The van der Waals surface area contributed by atoms with E-state index in [4.69, 9.17) is 11.6 Å². The lowest BCUT2D eigenvalue weighted by atomic mass is 10.1. The highest BCUT2D eigenvalue weighted by atomic mass is 35.5. The van der Waals surface area contributed by atoms with Gasteiger partial charge in [-0.1, -0.05) is 11.6 Å². The van der Waals surface area contributed by atoms with Crippen molar-refractivity contribution in [1.29, 1.82) is 0 Å². The third-order valence-corrected chi connectivity index (χ3v) is 4.31. The van der Waals surface area contributed by atoms with Crippen LogP contribution in [0.15, 0.2) is 36.7 Å². The predicted octanol–water partition coefficient (Wildman–Crippen LogP) is 4.56. The predicted molar refractivity (Wildman–Crippen MR) is 90.9 cm³/mol. The van der Waals surface area contributed by atoms with E-state index in [-0.39, 0.29) is 28.4 Å². The van der Waals surface area contributed by atoms with Gasteiger partial charge in [0.15, 0.2) is 17.2 Å². The molecule has 1 N–H and O–H groups in total. The molecule has 0 unspecified atom stereocenters. The van der Waals surface area contributed by atoms with Gasteiger partial charge in [0.25, 0.3) is 0 Å². The van der Waals surface area contributed by atoms with Gasteiger partial charge in [-0.25, -0.2) is 15.0 Å². The summed E-state index contributed by atoms with van der Waals surface area (Å²) in [5.74, 6) is 0.0785. The normalized spacial score (nSPS) is 12.2. The maximum Gasteiger partial charge on any atom is 0.417 e. The van der Waals surface area contributed by atoms with E-state index in [0.29, 0.717) is 15.8 Å². The minimum atomic E-state index is -4.51. The molecule has 0 amide bonds. The number of rotatable bonds is 1. The molecule has 0 aliphatic heterocycles. The van der Waals surface area contributed by atoms with E-state index < -0.39 is 11.7 Å². The van der Waals surface area contributed by atoms with Gasteiger partial charge in [-0.2, -0.15) is 13.2 Å². The van der Waals surface area contributed by atoms with Gasteiger partial charge in [0, 0.05) is 35.2 Å². The monoisotopic (exact) mass is 378 g/mol. The largest absolute Gasteiger partial charge is 0.505 e. The van der Waals surface area contributed by atoms with E-state index in [9.17, 15) is 18.3 Å². The summed E-state index contributed by atoms with van der Waals surface area (Å²) in [6, 6.07) is 5.84. The Labute approximate surface area is 149 Å². The van der Waals surface area contributed by atoms with Gasteiger partial charge in [-0.05, 0) is 24.3 Å². The van der Waals surface area contributed by atoms with E-state index in [0.717, 1.165) is 12.3 Å². The van der Waals surface area contributed by atoms with Crippen LogP contribution in [0.2, 0.25) is 5.02 Å². The number of halogens is 4. The number of fused-ring (bicyclic) bond motifs is 2. The highest BCUT2D eigenvalue weighted by Crippen LogP contribution is 2.36. The molecule has 0 spiro atoms. The maximum atomic E-state index is 12.9. The summed E-state index contributed by atoms with van der Waals surface area (Å²) in [4.78, 5) is 12.2. The molecular formula is C17H10ClF3N4O.